The van der Waals surface area contributed by atoms with E-state index < -0.39 is 0 Å². The number of hydrogen-bond donors (Lipinski definition) is 1. The number of nitrogens with one attached hydrogen (secondary N) is 1. The number of ether oxygens (including phenoxy) is 1. The quantitative estimate of drug-likeness (QED) is 0.853. The third-order valence-electron chi connectivity index (χ3n) is 3.91. The highest BCUT2D eigenvalue weighted by molar-refractivity contribution is 5.53. The number of anilines is 1. The number of para-hydroxylation sites is 1. The summed E-state index contributed by atoms with van der Waals surface area (Å²) in [5, 5.41) is 3.56. The van der Waals surface area contributed by atoms with Crippen LogP contribution in [0.25, 0.3) is 0 Å². The first-order valence-electron chi connectivity index (χ1n) is 7.25. The van der Waals surface area contributed by atoms with Crippen LogP contribution in [0, 0.1) is 5.92 Å². The van der Waals surface area contributed by atoms with Gasteiger partial charge in [0.15, 0.2) is 0 Å². The first-order valence-corrected chi connectivity index (χ1v) is 7.25. The van der Waals surface area contributed by atoms with Gasteiger partial charge >= 0.3 is 0 Å². The van der Waals surface area contributed by atoms with Gasteiger partial charge in [0.05, 0.1) is 6.61 Å². The Morgan fingerprint density at radius 2 is 2.16 bits per heavy atom. The third-order valence-corrected chi connectivity index (χ3v) is 3.91. The molecule has 1 aliphatic heterocycles. The molecule has 0 amide bonds. The average molecular weight is 262 g/mol. The maximum atomic E-state index is 5.21. The molecule has 0 saturated heterocycles. The molecule has 0 bridgehead atoms. The van der Waals surface area contributed by atoms with Crippen molar-refractivity contribution in [3.63, 3.8) is 0 Å². The van der Waals surface area contributed by atoms with E-state index in [1.54, 1.807) is 7.11 Å². The first-order chi connectivity index (χ1) is 9.20. The van der Waals surface area contributed by atoms with Crippen molar-refractivity contribution in [3.8, 4) is 0 Å². The molecule has 19 heavy (non-hydrogen) atoms. The molecule has 1 aromatic carbocycles. The first kappa shape index (κ1) is 14.4. The minimum atomic E-state index is 0.576. The summed E-state index contributed by atoms with van der Waals surface area (Å²) in [5.41, 5.74) is 2.76. The second-order valence-electron chi connectivity index (χ2n) is 5.69. The minimum absolute atomic E-state index is 0.576. The molecule has 3 heteroatoms. The van der Waals surface area contributed by atoms with E-state index >= 15 is 0 Å². The van der Waals surface area contributed by atoms with Crippen molar-refractivity contribution < 1.29 is 4.74 Å². The molecule has 0 spiro atoms. The van der Waals surface area contributed by atoms with Gasteiger partial charge in [0, 0.05) is 38.5 Å². The van der Waals surface area contributed by atoms with E-state index in [1.807, 2.05) is 0 Å². The molecule has 1 aromatic rings. The van der Waals surface area contributed by atoms with Gasteiger partial charge in [0.25, 0.3) is 0 Å². The largest absolute Gasteiger partial charge is 0.384 e. The molecule has 1 unspecified atom stereocenters. The van der Waals surface area contributed by atoms with Crippen molar-refractivity contribution in [2.45, 2.75) is 26.3 Å². The van der Waals surface area contributed by atoms with Gasteiger partial charge in [-0.3, -0.25) is 4.90 Å². The van der Waals surface area contributed by atoms with E-state index in [2.05, 4.69) is 48.3 Å². The van der Waals surface area contributed by atoms with Crippen molar-refractivity contribution in [2.75, 3.05) is 38.7 Å². The lowest BCUT2D eigenvalue weighted by atomic mass is 9.93. The molecule has 0 aliphatic carbocycles. The zero-order valence-electron chi connectivity index (χ0n) is 12.4. The molecule has 106 valence electrons. The van der Waals surface area contributed by atoms with Crippen LogP contribution in [0.3, 0.4) is 0 Å². The number of nitrogens with zero attached hydrogens (tertiary/aromatic N) is 1. The lowest BCUT2D eigenvalue weighted by Crippen LogP contribution is -2.41. The Balaban J connectivity index is 1.92. The molecule has 0 aromatic heterocycles. The van der Waals surface area contributed by atoms with Crippen molar-refractivity contribution in [3.05, 3.63) is 29.8 Å². The molecule has 0 saturated carbocycles. The van der Waals surface area contributed by atoms with Crippen LogP contribution in [0.4, 0.5) is 5.69 Å². The highest BCUT2D eigenvalue weighted by Gasteiger charge is 2.21. The second-order valence-corrected chi connectivity index (χ2v) is 5.69. The van der Waals surface area contributed by atoms with Gasteiger partial charge in [0.1, 0.15) is 0 Å². The van der Waals surface area contributed by atoms with Gasteiger partial charge in [-0.05, 0) is 37.8 Å². The molecule has 1 atom stereocenters. The summed E-state index contributed by atoms with van der Waals surface area (Å²) in [6, 6.07) is 9.23. The molecule has 0 fully saturated rings. The monoisotopic (exact) mass is 262 g/mol. The summed E-state index contributed by atoms with van der Waals surface area (Å²) in [4.78, 5) is 2.52. The van der Waals surface area contributed by atoms with Gasteiger partial charge in [-0.1, -0.05) is 18.2 Å². The van der Waals surface area contributed by atoms with Crippen LogP contribution < -0.4 is 5.32 Å². The Morgan fingerprint density at radius 3 is 2.89 bits per heavy atom. The maximum Gasteiger partial charge on any atom is 0.0589 e. The van der Waals surface area contributed by atoms with Crippen LogP contribution in [0.15, 0.2) is 24.3 Å². The topological polar surface area (TPSA) is 24.5 Å². The van der Waals surface area contributed by atoms with Crippen molar-refractivity contribution in [1.82, 2.24) is 4.90 Å². The number of rotatable bonds is 6. The van der Waals surface area contributed by atoms with Crippen LogP contribution in [-0.2, 0) is 11.2 Å². The standard InChI is InChI=1S/C16H26N2O/c1-13(2)18(8-9-19-3)12-14-10-15-6-4-5-7-16(15)17-11-14/h4-7,13-14,17H,8-12H2,1-3H3. The van der Waals surface area contributed by atoms with E-state index in [0.29, 0.717) is 12.0 Å². The van der Waals surface area contributed by atoms with Crippen molar-refractivity contribution in [2.24, 2.45) is 5.92 Å². The third kappa shape index (κ3) is 3.95. The fourth-order valence-electron chi connectivity index (χ4n) is 2.74. The smallest absolute Gasteiger partial charge is 0.0589 e. The molecule has 1 heterocycles. The molecule has 2 rings (SSSR count). The highest BCUT2D eigenvalue weighted by Crippen LogP contribution is 2.25. The Hall–Kier alpha value is -1.06. The van der Waals surface area contributed by atoms with E-state index in [9.17, 15) is 0 Å². The van der Waals surface area contributed by atoms with E-state index in [-0.39, 0.29) is 0 Å². The Bertz CT molecular complexity index is 392. The molecule has 1 N–H and O–H groups in total. The molecule has 3 nitrogen and oxygen atoms in total. The number of hydrogen-bond acceptors (Lipinski definition) is 3. The van der Waals surface area contributed by atoms with Gasteiger partial charge in [-0.2, -0.15) is 0 Å². The summed E-state index contributed by atoms with van der Waals surface area (Å²) in [6.45, 7) is 8.58. The summed E-state index contributed by atoms with van der Waals surface area (Å²) in [7, 11) is 1.77. The second kappa shape index (κ2) is 6.92. The Labute approximate surface area is 116 Å². The van der Waals surface area contributed by atoms with Gasteiger partial charge in [-0.15, -0.1) is 0 Å². The summed E-state index contributed by atoms with van der Waals surface area (Å²) in [5.74, 6) is 0.689. The molecule has 1 aliphatic rings. The predicted molar refractivity (Wildman–Crippen MR) is 80.7 cm³/mol. The highest BCUT2D eigenvalue weighted by atomic mass is 16.5. The fourth-order valence-corrected chi connectivity index (χ4v) is 2.74. The van der Waals surface area contributed by atoms with Crippen molar-refractivity contribution >= 4 is 5.69 Å². The van der Waals surface area contributed by atoms with Crippen LogP contribution in [0.5, 0.6) is 0 Å². The zero-order chi connectivity index (χ0) is 13.7. The van der Waals surface area contributed by atoms with Gasteiger partial charge in [-0.25, -0.2) is 0 Å². The lowest BCUT2D eigenvalue weighted by molar-refractivity contribution is 0.117. The summed E-state index contributed by atoms with van der Waals surface area (Å²) >= 11 is 0. The average Bonchev–Trinajstić information content (AvgIpc) is 2.43. The van der Waals surface area contributed by atoms with Crippen LogP contribution in [0.1, 0.15) is 19.4 Å². The van der Waals surface area contributed by atoms with Crippen LogP contribution in [0.2, 0.25) is 0 Å². The summed E-state index contributed by atoms with van der Waals surface area (Å²) in [6.07, 6.45) is 1.18. The van der Waals surface area contributed by atoms with E-state index in [4.69, 9.17) is 4.74 Å². The van der Waals surface area contributed by atoms with Crippen molar-refractivity contribution in [1.29, 1.82) is 0 Å². The zero-order valence-corrected chi connectivity index (χ0v) is 12.4. The number of fused-ring (bicyclic) bond motifs is 1. The predicted octanol–water partition coefficient (Wildman–Crippen LogP) is 2.63. The summed E-state index contributed by atoms with van der Waals surface area (Å²) < 4.78 is 5.21. The Morgan fingerprint density at radius 1 is 1.37 bits per heavy atom. The fraction of sp³-hybridized carbons (Fsp3) is 0.625. The van der Waals surface area contributed by atoms with Gasteiger partial charge in [0.2, 0.25) is 0 Å². The normalized spacial score (nSPS) is 18.5. The SMILES string of the molecule is COCCN(CC1CNc2ccccc2C1)C(C)C. The minimum Gasteiger partial charge on any atom is -0.384 e. The number of methoxy groups -OCH3 is 1. The molecular formula is C16H26N2O. The van der Waals surface area contributed by atoms with E-state index in [1.165, 1.54) is 17.7 Å². The Kier molecular flexibility index (Phi) is 5.23. The molecular weight excluding hydrogens is 236 g/mol. The maximum absolute atomic E-state index is 5.21. The molecule has 0 radical (unpaired) electrons. The van der Waals surface area contributed by atoms with Gasteiger partial charge < -0.3 is 10.1 Å². The van der Waals surface area contributed by atoms with Crippen LogP contribution in [-0.4, -0.2) is 44.3 Å². The lowest BCUT2D eigenvalue weighted by Gasteiger charge is -2.33. The van der Waals surface area contributed by atoms with Crippen LogP contribution >= 0.6 is 0 Å². The number of benzene rings is 1. The van der Waals surface area contributed by atoms with E-state index in [0.717, 1.165) is 26.2 Å².